The van der Waals surface area contributed by atoms with Crippen molar-refractivity contribution in [2.75, 3.05) is 18.0 Å². The molecule has 1 atom stereocenters. The quantitative estimate of drug-likeness (QED) is 0.666. The maximum absolute atomic E-state index is 13.3. The number of hydrogen-bond acceptors (Lipinski definition) is 2. The largest absolute Gasteiger partial charge is 0.412 e. The number of benzene rings is 1. The van der Waals surface area contributed by atoms with Gasteiger partial charge >= 0.3 is 6.18 Å². The molecule has 110 valence electrons. The second-order valence-electron chi connectivity index (χ2n) is 4.91. The molecule has 0 amide bonds. The van der Waals surface area contributed by atoms with Gasteiger partial charge in [-0.25, -0.2) is 4.39 Å². The van der Waals surface area contributed by atoms with Crippen LogP contribution in [-0.4, -0.2) is 19.3 Å². The first-order chi connectivity index (χ1) is 9.29. The van der Waals surface area contributed by atoms with Crippen LogP contribution in [0.4, 0.5) is 23.2 Å². The van der Waals surface area contributed by atoms with E-state index in [1.165, 1.54) is 18.2 Å². The summed E-state index contributed by atoms with van der Waals surface area (Å²) in [6, 6.07) is 3.82. The monoisotopic (exact) mass is 288 g/mol. The fourth-order valence-corrected chi connectivity index (χ4v) is 2.32. The Kier molecular flexibility index (Phi) is 4.04. The summed E-state index contributed by atoms with van der Waals surface area (Å²) in [6.07, 6.45) is -3.16. The Morgan fingerprint density at radius 1 is 1.30 bits per heavy atom. The van der Waals surface area contributed by atoms with E-state index in [4.69, 9.17) is 5.73 Å². The third-order valence-corrected chi connectivity index (χ3v) is 3.39. The summed E-state index contributed by atoms with van der Waals surface area (Å²) >= 11 is 0. The molecule has 0 aromatic heterocycles. The van der Waals surface area contributed by atoms with Crippen molar-refractivity contribution in [3.8, 4) is 0 Å². The van der Waals surface area contributed by atoms with Gasteiger partial charge in [-0.3, -0.25) is 0 Å². The third-order valence-electron chi connectivity index (χ3n) is 3.39. The second-order valence-corrected chi connectivity index (χ2v) is 4.91. The van der Waals surface area contributed by atoms with Gasteiger partial charge in [0.15, 0.2) is 0 Å². The van der Waals surface area contributed by atoms with Crippen LogP contribution in [0.5, 0.6) is 0 Å². The van der Waals surface area contributed by atoms with Crippen LogP contribution in [0.2, 0.25) is 0 Å². The molecule has 0 saturated carbocycles. The summed E-state index contributed by atoms with van der Waals surface area (Å²) in [5, 5.41) is 0. The molecule has 0 bridgehead atoms. The first kappa shape index (κ1) is 14.8. The number of anilines is 1. The molecular weight excluding hydrogens is 272 g/mol. The summed E-state index contributed by atoms with van der Waals surface area (Å²) in [7, 11) is 0. The Labute approximate surface area is 114 Å². The van der Waals surface area contributed by atoms with Gasteiger partial charge in [0.05, 0.1) is 0 Å². The number of hydrogen-bond donors (Lipinski definition) is 1. The van der Waals surface area contributed by atoms with Gasteiger partial charge in [-0.15, -0.1) is 0 Å². The van der Waals surface area contributed by atoms with Gasteiger partial charge in [-0.1, -0.05) is 6.08 Å². The molecular formula is C14H16F4N2. The molecule has 0 saturated heterocycles. The average molecular weight is 288 g/mol. The topological polar surface area (TPSA) is 29.3 Å². The highest BCUT2D eigenvalue weighted by Gasteiger charge is 2.35. The Morgan fingerprint density at radius 2 is 2.00 bits per heavy atom. The summed E-state index contributed by atoms with van der Waals surface area (Å²) in [5.41, 5.74) is 6.60. The molecule has 1 aliphatic rings. The minimum atomic E-state index is -4.27. The van der Waals surface area contributed by atoms with Crippen molar-refractivity contribution in [3.63, 3.8) is 0 Å². The van der Waals surface area contributed by atoms with E-state index in [9.17, 15) is 17.6 Å². The molecule has 6 heteroatoms. The van der Waals surface area contributed by atoms with Crippen LogP contribution in [0.3, 0.4) is 0 Å². The van der Waals surface area contributed by atoms with Gasteiger partial charge in [0, 0.05) is 30.4 Å². The smallest absolute Gasteiger partial charge is 0.367 e. The SMILES string of the molecule is C[C@@H](N)c1cc(F)ccc1N1CC=C(C(F)(F)F)CC1. The molecule has 2 N–H and O–H groups in total. The van der Waals surface area contributed by atoms with Crippen molar-refractivity contribution in [1.82, 2.24) is 0 Å². The minimum absolute atomic E-state index is 0.0702. The molecule has 0 unspecified atom stereocenters. The molecule has 20 heavy (non-hydrogen) atoms. The van der Waals surface area contributed by atoms with Gasteiger partial charge in [0.2, 0.25) is 0 Å². The summed E-state index contributed by atoms with van der Waals surface area (Å²) in [5.74, 6) is -0.399. The van der Waals surface area contributed by atoms with Gasteiger partial charge in [0.25, 0.3) is 0 Å². The van der Waals surface area contributed by atoms with Crippen LogP contribution in [0, 0.1) is 5.82 Å². The summed E-state index contributed by atoms with van der Waals surface area (Å²) < 4.78 is 51.0. The number of nitrogens with zero attached hydrogens (tertiary/aromatic N) is 1. The first-order valence-electron chi connectivity index (χ1n) is 6.35. The van der Waals surface area contributed by atoms with Crippen molar-refractivity contribution in [2.24, 2.45) is 5.73 Å². The second kappa shape index (κ2) is 5.44. The van der Waals surface area contributed by atoms with E-state index in [1.807, 2.05) is 0 Å². The van der Waals surface area contributed by atoms with E-state index < -0.39 is 17.6 Å². The number of halogens is 4. The fourth-order valence-electron chi connectivity index (χ4n) is 2.32. The zero-order valence-electron chi connectivity index (χ0n) is 11.0. The maximum Gasteiger partial charge on any atom is 0.412 e. The van der Waals surface area contributed by atoms with Crippen molar-refractivity contribution in [3.05, 3.63) is 41.2 Å². The van der Waals surface area contributed by atoms with E-state index in [0.717, 1.165) is 0 Å². The van der Waals surface area contributed by atoms with Crippen LogP contribution in [-0.2, 0) is 0 Å². The predicted molar refractivity (Wildman–Crippen MR) is 70.0 cm³/mol. The molecule has 0 radical (unpaired) electrons. The van der Waals surface area contributed by atoms with Crippen LogP contribution < -0.4 is 10.6 Å². The predicted octanol–water partition coefficient (Wildman–Crippen LogP) is 3.54. The Morgan fingerprint density at radius 3 is 2.50 bits per heavy atom. The lowest BCUT2D eigenvalue weighted by Crippen LogP contribution is -2.33. The summed E-state index contributed by atoms with van der Waals surface area (Å²) in [4.78, 5) is 1.79. The van der Waals surface area contributed by atoms with Crippen LogP contribution in [0.1, 0.15) is 24.9 Å². The zero-order valence-corrected chi connectivity index (χ0v) is 11.0. The molecule has 1 aliphatic heterocycles. The maximum atomic E-state index is 13.3. The zero-order chi connectivity index (χ0) is 14.9. The lowest BCUT2D eigenvalue weighted by atomic mass is 10.0. The number of alkyl halides is 3. The fraction of sp³-hybridized carbons (Fsp3) is 0.429. The van der Waals surface area contributed by atoms with E-state index in [0.29, 0.717) is 11.3 Å². The van der Waals surface area contributed by atoms with E-state index in [-0.39, 0.29) is 25.6 Å². The van der Waals surface area contributed by atoms with Crippen molar-refractivity contribution >= 4 is 5.69 Å². The molecule has 1 heterocycles. The lowest BCUT2D eigenvalue weighted by Gasteiger charge is -2.31. The van der Waals surface area contributed by atoms with E-state index >= 15 is 0 Å². The van der Waals surface area contributed by atoms with Crippen molar-refractivity contribution in [2.45, 2.75) is 25.6 Å². The molecule has 1 aromatic carbocycles. The minimum Gasteiger partial charge on any atom is -0.367 e. The van der Waals surface area contributed by atoms with Crippen LogP contribution >= 0.6 is 0 Å². The van der Waals surface area contributed by atoms with E-state index in [2.05, 4.69) is 0 Å². The highest BCUT2D eigenvalue weighted by atomic mass is 19.4. The van der Waals surface area contributed by atoms with Gasteiger partial charge in [0.1, 0.15) is 5.82 Å². The van der Waals surface area contributed by atoms with Crippen molar-refractivity contribution < 1.29 is 17.6 Å². The van der Waals surface area contributed by atoms with Crippen LogP contribution in [0.15, 0.2) is 29.8 Å². The highest BCUT2D eigenvalue weighted by molar-refractivity contribution is 5.56. The molecule has 2 rings (SSSR count). The molecule has 1 aromatic rings. The summed E-state index contributed by atoms with van der Waals surface area (Å²) in [6.45, 7) is 2.12. The Bertz CT molecular complexity index is 520. The first-order valence-corrected chi connectivity index (χ1v) is 6.35. The third kappa shape index (κ3) is 3.12. The number of nitrogens with two attached hydrogens (primary N) is 1. The Balaban J connectivity index is 2.25. The standard InChI is InChI=1S/C14H16F4N2/c1-9(19)12-8-11(15)2-3-13(12)20-6-4-10(5-7-20)14(16,17)18/h2-4,8-9H,5-7,19H2,1H3/t9-/m1/s1. The molecule has 0 spiro atoms. The Hall–Kier alpha value is -1.56. The number of rotatable bonds is 2. The van der Waals surface area contributed by atoms with Crippen LogP contribution in [0.25, 0.3) is 0 Å². The van der Waals surface area contributed by atoms with E-state index in [1.54, 1.807) is 17.9 Å². The average Bonchev–Trinajstić information content (AvgIpc) is 2.37. The normalized spacial score (nSPS) is 17.9. The highest BCUT2D eigenvalue weighted by Crippen LogP contribution is 2.33. The van der Waals surface area contributed by atoms with Gasteiger partial charge in [-0.2, -0.15) is 13.2 Å². The molecule has 0 fully saturated rings. The van der Waals surface area contributed by atoms with Gasteiger partial charge in [-0.05, 0) is 37.1 Å². The molecule has 2 nitrogen and oxygen atoms in total. The molecule has 0 aliphatic carbocycles. The van der Waals surface area contributed by atoms with Gasteiger partial charge < -0.3 is 10.6 Å². The van der Waals surface area contributed by atoms with Crippen molar-refractivity contribution in [1.29, 1.82) is 0 Å². The lowest BCUT2D eigenvalue weighted by molar-refractivity contribution is -0.0943.